The second-order valence-electron chi connectivity index (χ2n) is 6.00. The molecule has 0 N–H and O–H groups in total. The number of aromatic nitrogens is 1. The number of nitrogens with zero attached hydrogens (tertiary/aromatic N) is 1. The first kappa shape index (κ1) is 16.2. The van der Waals surface area contributed by atoms with Crippen LogP contribution in [0.5, 0.6) is 0 Å². The van der Waals surface area contributed by atoms with Crippen LogP contribution >= 0.6 is 0 Å². The first-order valence-electron chi connectivity index (χ1n) is 8.22. The molecule has 1 heterocycles. The van der Waals surface area contributed by atoms with Gasteiger partial charge in [-0.25, -0.2) is 9.78 Å². The van der Waals surface area contributed by atoms with E-state index in [1.807, 2.05) is 30.3 Å². The molecule has 3 aromatic rings. The molecule has 1 atom stereocenters. The highest BCUT2D eigenvalue weighted by Crippen LogP contribution is 2.27. The van der Waals surface area contributed by atoms with Crippen molar-refractivity contribution in [3.63, 3.8) is 0 Å². The van der Waals surface area contributed by atoms with Gasteiger partial charge in [-0.05, 0) is 30.0 Å². The van der Waals surface area contributed by atoms with Gasteiger partial charge >= 0.3 is 5.97 Å². The fraction of sp³-hybridized carbons (Fsp3) is 0.238. The number of ether oxygens (including phenoxy) is 1. The van der Waals surface area contributed by atoms with Gasteiger partial charge < -0.3 is 4.74 Å². The monoisotopic (exact) mass is 319 g/mol. The van der Waals surface area contributed by atoms with E-state index >= 15 is 0 Å². The number of hydrogen-bond acceptors (Lipinski definition) is 3. The summed E-state index contributed by atoms with van der Waals surface area (Å²) < 4.78 is 4.93. The number of rotatable bonds is 4. The van der Waals surface area contributed by atoms with Crippen molar-refractivity contribution in [2.24, 2.45) is 0 Å². The molecular weight excluding hydrogens is 298 g/mol. The third-order valence-corrected chi connectivity index (χ3v) is 4.51. The lowest BCUT2D eigenvalue weighted by molar-refractivity contribution is 0.0603. The number of para-hydroxylation sites is 1. The van der Waals surface area contributed by atoms with Crippen LogP contribution in [0.15, 0.2) is 54.6 Å². The van der Waals surface area contributed by atoms with Gasteiger partial charge in [0.05, 0.1) is 23.9 Å². The van der Waals surface area contributed by atoms with Crippen LogP contribution in [0.3, 0.4) is 0 Å². The number of benzene rings is 2. The van der Waals surface area contributed by atoms with E-state index in [2.05, 4.69) is 38.1 Å². The number of carbonyl (C=O) groups excluding carboxylic acids is 1. The number of esters is 1. The van der Waals surface area contributed by atoms with Crippen molar-refractivity contribution in [3.05, 3.63) is 65.7 Å². The third-order valence-electron chi connectivity index (χ3n) is 4.51. The molecule has 3 heteroatoms. The largest absolute Gasteiger partial charge is 0.465 e. The van der Waals surface area contributed by atoms with Crippen molar-refractivity contribution in [2.45, 2.75) is 26.2 Å². The van der Waals surface area contributed by atoms with E-state index in [0.717, 1.165) is 28.6 Å². The molecule has 0 saturated carbocycles. The molecule has 24 heavy (non-hydrogen) atoms. The Balaban J connectivity index is 2.11. The van der Waals surface area contributed by atoms with E-state index in [-0.39, 0.29) is 5.97 Å². The second kappa shape index (κ2) is 6.83. The molecule has 0 spiro atoms. The molecule has 0 unspecified atom stereocenters. The Hall–Kier alpha value is -2.68. The molecule has 0 fully saturated rings. The van der Waals surface area contributed by atoms with Gasteiger partial charge in [0.1, 0.15) is 0 Å². The molecule has 2 aromatic carbocycles. The number of carbonyl (C=O) groups is 1. The summed E-state index contributed by atoms with van der Waals surface area (Å²) in [5.41, 5.74) is 4.43. The molecule has 0 saturated heterocycles. The first-order chi connectivity index (χ1) is 11.6. The Morgan fingerprint density at radius 3 is 2.50 bits per heavy atom. The molecule has 0 aliphatic rings. The van der Waals surface area contributed by atoms with Crippen molar-refractivity contribution >= 4 is 16.9 Å². The maximum atomic E-state index is 12.1. The lowest BCUT2D eigenvalue weighted by Crippen LogP contribution is -2.03. The molecular formula is C21H21NO2. The van der Waals surface area contributed by atoms with Gasteiger partial charge in [-0.3, -0.25) is 0 Å². The summed E-state index contributed by atoms with van der Waals surface area (Å²) >= 11 is 0. The lowest BCUT2D eigenvalue weighted by atomic mass is 9.96. The number of hydrogen-bond donors (Lipinski definition) is 0. The highest BCUT2D eigenvalue weighted by atomic mass is 16.5. The second-order valence-corrected chi connectivity index (χ2v) is 6.00. The van der Waals surface area contributed by atoms with Crippen LogP contribution in [0, 0.1) is 0 Å². The fourth-order valence-electron chi connectivity index (χ4n) is 2.82. The van der Waals surface area contributed by atoms with Gasteiger partial charge in [-0.1, -0.05) is 56.3 Å². The Morgan fingerprint density at radius 2 is 1.83 bits per heavy atom. The van der Waals surface area contributed by atoms with E-state index in [9.17, 15) is 4.79 Å². The number of pyridine rings is 1. The minimum absolute atomic E-state index is 0.342. The van der Waals surface area contributed by atoms with Crippen LogP contribution < -0.4 is 0 Å². The quantitative estimate of drug-likeness (QED) is 0.620. The van der Waals surface area contributed by atoms with E-state index < -0.39 is 0 Å². The number of fused-ring (bicyclic) bond motifs is 1. The van der Waals surface area contributed by atoms with Gasteiger partial charge in [-0.2, -0.15) is 0 Å². The summed E-state index contributed by atoms with van der Waals surface area (Å²) in [6.45, 7) is 4.41. The summed E-state index contributed by atoms with van der Waals surface area (Å²) in [4.78, 5) is 16.9. The zero-order valence-corrected chi connectivity index (χ0v) is 14.2. The number of methoxy groups -OCH3 is 1. The zero-order valence-electron chi connectivity index (χ0n) is 14.2. The maximum Gasteiger partial charge on any atom is 0.338 e. The van der Waals surface area contributed by atoms with Crippen LogP contribution in [0.4, 0.5) is 0 Å². The highest BCUT2D eigenvalue weighted by molar-refractivity contribution is 6.04. The Kier molecular flexibility index (Phi) is 4.61. The van der Waals surface area contributed by atoms with Gasteiger partial charge in [0.2, 0.25) is 0 Å². The molecule has 3 nitrogen and oxygen atoms in total. The SMILES string of the molecule is CC[C@H](C)c1ccc(-c2cc(C(=O)OC)c3ccccc3n2)cc1. The van der Waals surface area contributed by atoms with Crippen molar-refractivity contribution in [1.29, 1.82) is 0 Å². The van der Waals surface area contributed by atoms with E-state index in [4.69, 9.17) is 9.72 Å². The molecule has 3 rings (SSSR count). The summed E-state index contributed by atoms with van der Waals surface area (Å²) in [5.74, 6) is 0.195. The molecule has 0 bridgehead atoms. The summed E-state index contributed by atoms with van der Waals surface area (Å²) in [6, 6.07) is 17.9. The zero-order chi connectivity index (χ0) is 17.1. The van der Waals surface area contributed by atoms with Gasteiger partial charge in [0, 0.05) is 10.9 Å². The van der Waals surface area contributed by atoms with Crippen molar-refractivity contribution < 1.29 is 9.53 Å². The Labute approximate surface area is 142 Å². The van der Waals surface area contributed by atoms with Crippen LogP contribution in [0.2, 0.25) is 0 Å². The normalized spacial score (nSPS) is 12.1. The van der Waals surface area contributed by atoms with Gasteiger partial charge in [0.25, 0.3) is 0 Å². The molecule has 122 valence electrons. The minimum Gasteiger partial charge on any atom is -0.465 e. The summed E-state index contributed by atoms with van der Waals surface area (Å²) in [6.07, 6.45) is 1.11. The predicted molar refractivity (Wildman–Crippen MR) is 97.2 cm³/mol. The Bertz CT molecular complexity index is 869. The molecule has 0 aliphatic carbocycles. The minimum atomic E-state index is -0.342. The standard InChI is InChI=1S/C21H21NO2/c1-4-14(2)15-9-11-16(12-10-15)20-13-18(21(23)24-3)17-7-5-6-8-19(17)22-20/h5-14H,4H2,1-3H3/t14-/m0/s1. The molecule has 0 amide bonds. The van der Waals surface area contributed by atoms with Crippen LogP contribution in [0.25, 0.3) is 22.2 Å². The average molecular weight is 319 g/mol. The van der Waals surface area contributed by atoms with E-state index in [1.165, 1.54) is 12.7 Å². The Morgan fingerprint density at radius 1 is 1.12 bits per heavy atom. The molecule has 0 aliphatic heterocycles. The topological polar surface area (TPSA) is 39.2 Å². The van der Waals surface area contributed by atoms with Gasteiger partial charge in [0.15, 0.2) is 0 Å². The summed E-state index contributed by atoms with van der Waals surface area (Å²) in [7, 11) is 1.40. The maximum absolute atomic E-state index is 12.1. The fourth-order valence-corrected chi connectivity index (χ4v) is 2.82. The van der Waals surface area contributed by atoms with E-state index in [1.54, 1.807) is 0 Å². The third kappa shape index (κ3) is 3.02. The van der Waals surface area contributed by atoms with Crippen LogP contribution in [-0.2, 0) is 4.74 Å². The predicted octanol–water partition coefficient (Wildman–Crippen LogP) is 5.20. The lowest BCUT2D eigenvalue weighted by Gasteiger charge is -2.11. The van der Waals surface area contributed by atoms with Crippen molar-refractivity contribution in [2.75, 3.05) is 7.11 Å². The molecule has 0 radical (unpaired) electrons. The van der Waals surface area contributed by atoms with Crippen molar-refractivity contribution in [3.8, 4) is 11.3 Å². The van der Waals surface area contributed by atoms with Crippen LogP contribution in [0.1, 0.15) is 42.1 Å². The average Bonchev–Trinajstić information content (AvgIpc) is 2.66. The smallest absolute Gasteiger partial charge is 0.338 e. The van der Waals surface area contributed by atoms with Crippen LogP contribution in [-0.4, -0.2) is 18.1 Å². The van der Waals surface area contributed by atoms with Crippen molar-refractivity contribution in [1.82, 2.24) is 4.98 Å². The highest BCUT2D eigenvalue weighted by Gasteiger charge is 2.14. The van der Waals surface area contributed by atoms with E-state index in [0.29, 0.717) is 11.5 Å². The first-order valence-corrected chi connectivity index (χ1v) is 8.22. The molecule has 1 aromatic heterocycles. The summed E-state index contributed by atoms with van der Waals surface area (Å²) in [5, 5.41) is 0.810. The van der Waals surface area contributed by atoms with Gasteiger partial charge in [-0.15, -0.1) is 0 Å².